The van der Waals surface area contributed by atoms with E-state index in [0.29, 0.717) is 0 Å². The summed E-state index contributed by atoms with van der Waals surface area (Å²) in [7, 11) is 0. The number of alkyl halides is 1. The van der Waals surface area contributed by atoms with Gasteiger partial charge in [-0.05, 0) is 6.92 Å². The van der Waals surface area contributed by atoms with E-state index in [2.05, 4.69) is 4.98 Å². The van der Waals surface area contributed by atoms with Gasteiger partial charge in [-0.3, -0.25) is 4.57 Å². The van der Waals surface area contributed by atoms with Gasteiger partial charge in [0.2, 0.25) is 0 Å². The van der Waals surface area contributed by atoms with Crippen molar-refractivity contribution in [3.8, 4) is 0 Å². The number of nitrogens with two attached hydrogens (primary N) is 1. The second-order valence-electron chi connectivity index (χ2n) is 4.47. The summed E-state index contributed by atoms with van der Waals surface area (Å²) in [6, 6.07) is 0. The van der Waals surface area contributed by atoms with Gasteiger partial charge in [-0.15, -0.1) is 11.6 Å². The van der Waals surface area contributed by atoms with Crippen molar-refractivity contribution in [1.82, 2.24) is 9.55 Å². The Morgan fingerprint density at radius 2 is 2.37 bits per heavy atom. The Balaban J connectivity index is 2.48. The number of halogens is 2. The van der Waals surface area contributed by atoms with E-state index < -0.39 is 47.2 Å². The highest BCUT2D eigenvalue weighted by molar-refractivity contribution is 6.24. The predicted molar refractivity (Wildman–Crippen MR) is 64.1 cm³/mol. The van der Waals surface area contributed by atoms with Crippen LogP contribution in [0.4, 0.5) is 10.2 Å². The molecule has 2 rings (SSSR count). The fourth-order valence-corrected chi connectivity index (χ4v) is 2.29. The number of ether oxygens (including phenoxy) is 1. The number of hydrogen-bond donors (Lipinski definition) is 3. The standard InChI is InChI=1S/C10H13ClFN3O4/c1-10(11)6(17)5(3-16)19-8(10)15-2-4(12)7(13)14-9(15)18/h2,5-6,8,16-17H,3H2,1H3,(H2,13,14,18)/t5-,6-,8-,10-/m1/s1. The molecule has 19 heavy (non-hydrogen) atoms. The molecule has 1 saturated heterocycles. The molecule has 0 amide bonds. The van der Waals surface area contributed by atoms with E-state index >= 15 is 0 Å². The third-order valence-corrected chi connectivity index (χ3v) is 3.49. The summed E-state index contributed by atoms with van der Waals surface area (Å²) in [5, 5.41) is 19.0. The van der Waals surface area contributed by atoms with Crippen molar-refractivity contribution >= 4 is 17.4 Å². The van der Waals surface area contributed by atoms with Crippen molar-refractivity contribution in [1.29, 1.82) is 0 Å². The Kier molecular flexibility index (Phi) is 3.52. The molecule has 1 aromatic rings. The maximum absolute atomic E-state index is 13.4. The highest BCUT2D eigenvalue weighted by Gasteiger charge is 2.53. The molecule has 0 spiro atoms. The summed E-state index contributed by atoms with van der Waals surface area (Å²) in [5.41, 5.74) is 4.31. The van der Waals surface area contributed by atoms with Crippen LogP contribution in [0.15, 0.2) is 11.0 Å². The summed E-state index contributed by atoms with van der Waals surface area (Å²) in [6.45, 7) is 0.930. The Labute approximate surface area is 112 Å². The van der Waals surface area contributed by atoms with Crippen molar-refractivity contribution < 1.29 is 19.3 Å². The Hall–Kier alpha value is -1.22. The molecule has 4 atom stereocenters. The molecule has 106 valence electrons. The van der Waals surface area contributed by atoms with Gasteiger partial charge in [0.1, 0.15) is 17.1 Å². The number of rotatable bonds is 2. The highest BCUT2D eigenvalue weighted by Crippen LogP contribution is 2.42. The van der Waals surface area contributed by atoms with E-state index in [1.165, 1.54) is 6.92 Å². The van der Waals surface area contributed by atoms with Gasteiger partial charge in [0.25, 0.3) is 0 Å². The van der Waals surface area contributed by atoms with Crippen LogP contribution in [0.3, 0.4) is 0 Å². The summed E-state index contributed by atoms with van der Waals surface area (Å²) in [5.74, 6) is -1.44. The quantitative estimate of drug-likeness (QED) is 0.617. The minimum Gasteiger partial charge on any atom is -0.394 e. The first-order valence-corrected chi connectivity index (χ1v) is 5.84. The van der Waals surface area contributed by atoms with Crippen molar-refractivity contribution in [2.75, 3.05) is 12.3 Å². The van der Waals surface area contributed by atoms with Gasteiger partial charge in [-0.1, -0.05) is 0 Å². The van der Waals surface area contributed by atoms with E-state index in [1.54, 1.807) is 0 Å². The van der Waals surface area contributed by atoms with E-state index in [-0.39, 0.29) is 0 Å². The van der Waals surface area contributed by atoms with Crippen molar-refractivity contribution in [3.63, 3.8) is 0 Å². The molecule has 0 saturated carbocycles. The van der Waals surface area contributed by atoms with Gasteiger partial charge >= 0.3 is 5.69 Å². The topological polar surface area (TPSA) is 111 Å². The fraction of sp³-hybridized carbons (Fsp3) is 0.600. The number of aliphatic hydroxyl groups excluding tert-OH is 2. The maximum atomic E-state index is 13.4. The molecule has 7 nitrogen and oxygen atoms in total. The Morgan fingerprint density at radius 3 is 2.89 bits per heavy atom. The lowest BCUT2D eigenvalue weighted by Crippen LogP contribution is -2.42. The largest absolute Gasteiger partial charge is 0.394 e. The average molecular weight is 294 g/mol. The number of nitrogen functional groups attached to an aromatic ring is 1. The Morgan fingerprint density at radius 1 is 1.74 bits per heavy atom. The van der Waals surface area contributed by atoms with E-state index in [1.807, 2.05) is 0 Å². The van der Waals surface area contributed by atoms with Crippen LogP contribution in [0.5, 0.6) is 0 Å². The van der Waals surface area contributed by atoms with Crippen LogP contribution >= 0.6 is 11.6 Å². The first-order chi connectivity index (χ1) is 8.78. The molecule has 4 N–H and O–H groups in total. The minimum atomic E-state index is -1.42. The summed E-state index contributed by atoms with van der Waals surface area (Å²) in [6.07, 6.45) is -2.56. The second kappa shape index (κ2) is 4.71. The summed E-state index contributed by atoms with van der Waals surface area (Å²) < 4.78 is 19.5. The summed E-state index contributed by atoms with van der Waals surface area (Å²) in [4.78, 5) is 13.6. The van der Waals surface area contributed by atoms with Crippen LogP contribution in [0.25, 0.3) is 0 Å². The first kappa shape index (κ1) is 14.2. The van der Waals surface area contributed by atoms with E-state index in [0.717, 1.165) is 10.8 Å². The van der Waals surface area contributed by atoms with E-state index in [4.69, 9.17) is 27.2 Å². The molecule has 1 fully saturated rings. The first-order valence-electron chi connectivity index (χ1n) is 5.46. The molecule has 1 aromatic heterocycles. The zero-order valence-corrected chi connectivity index (χ0v) is 10.7. The van der Waals surface area contributed by atoms with Gasteiger partial charge in [-0.25, -0.2) is 9.18 Å². The van der Waals surface area contributed by atoms with Crippen LogP contribution in [0.2, 0.25) is 0 Å². The molecule has 1 aliphatic heterocycles. The molecule has 9 heteroatoms. The lowest BCUT2D eigenvalue weighted by atomic mass is 10.0. The molecule has 0 aromatic carbocycles. The van der Waals surface area contributed by atoms with Crippen LogP contribution in [0.1, 0.15) is 13.2 Å². The van der Waals surface area contributed by atoms with Crippen LogP contribution in [-0.4, -0.2) is 43.5 Å². The van der Waals surface area contributed by atoms with Crippen molar-refractivity contribution in [3.05, 3.63) is 22.5 Å². The molecule has 2 heterocycles. The lowest BCUT2D eigenvalue weighted by Gasteiger charge is -2.26. The van der Waals surface area contributed by atoms with Crippen molar-refractivity contribution in [2.45, 2.75) is 30.2 Å². The van der Waals surface area contributed by atoms with Gasteiger partial charge in [0.15, 0.2) is 17.9 Å². The van der Waals surface area contributed by atoms with E-state index in [9.17, 15) is 14.3 Å². The monoisotopic (exact) mass is 293 g/mol. The number of aromatic nitrogens is 2. The molecule has 0 unspecified atom stereocenters. The summed E-state index contributed by atoms with van der Waals surface area (Å²) >= 11 is 6.13. The van der Waals surface area contributed by atoms with Crippen LogP contribution < -0.4 is 11.4 Å². The zero-order chi connectivity index (χ0) is 14.4. The molecular formula is C10H13ClFN3O4. The third-order valence-electron chi connectivity index (χ3n) is 3.08. The number of hydrogen-bond acceptors (Lipinski definition) is 6. The lowest BCUT2D eigenvalue weighted by molar-refractivity contribution is -0.0472. The predicted octanol–water partition coefficient (Wildman–Crippen LogP) is -0.787. The van der Waals surface area contributed by atoms with Crippen molar-refractivity contribution in [2.24, 2.45) is 0 Å². The molecular weight excluding hydrogens is 281 g/mol. The van der Waals surface area contributed by atoms with Crippen LogP contribution in [0, 0.1) is 5.82 Å². The molecule has 0 aliphatic carbocycles. The van der Waals surface area contributed by atoms with Crippen LogP contribution in [-0.2, 0) is 4.74 Å². The normalized spacial score (nSPS) is 34.7. The smallest absolute Gasteiger partial charge is 0.351 e. The van der Waals surface area contributed by atoms with Gasteiger partial charge < -0.3 is 20.7 Å². The average Bonchev–Trinajstić information content (AvgIpc) is 2.56. The molecule has 0 radical (unpaired) electrons. The second-order valence-corrected chi connectivity index (χ2v) is 5.28. The SMILES string of the molecule is C[C@@]1(Cl)[C@H](O)[C@@H](CO)O[C@H]1n1cc(F)c(N)nc1=O. The number of nitrogens with zero attached hydrogens (tertiary/aromatic N) is 2. The minimum absolute atomic E-state index is 0.486. The highest BCUT2D eigenvalue weighted by atomic mass is 35.5. The fourth-order valence-electron chi connectivity index (χ4n) is 1.99. The molecule has 0 bridgehead atoms. The number of anilines is 1. The third kappa shape index (κ3) is 2.20. The van der Waals surface area contributed by atoms with Gasteiger partial charge in [-0.2, -0.15) is 4.98 Å². The Bertz CT molecular complexity index is 550. The maximum Gasteiger partial charge on any atom is 0.351 e. The zero-order valence-electron chi connectivity index (χ0n) is 9.96. The molecule has 1 aliphatic rings. The van der Waals surface area contributed by atoms with Gasteiger partial charge in [0, 0.05) is 0 Å². The van der Waals surface area contributed by atoms with Gasteiger partial charge in [0.05, 0.1) is 12.8 Å². The number of aliphatic hydroxyl groups is 2.